The lowest BCUT2D eigenvalue weighted by molar-refractivity contribution is -0.151. The molecule has 2 atom stereocenters. The molecule has 2 rings (SSSR count). The minimum Gasteiger partial charge on any atom is -0.480 e. The van der Waals surface area contributed by atoms with Gasteiger partial charge in [-0.2, -0.15) is 0 Å². The van der Waals surface area contributed by atoms with Gasteiger partial charge in [0.25, 0.3) is 0 Å². The van der Waals surface area contributed by atoms with E-state index < -0.39 is 18.0 Å². The molecule has 2 heterocycles. The molecule has 0 spiro atoms. The molecule has 0 aromatic carbocycles. The maximum absolute atomic E-state index is 11.0. The second-order valence-corrected chi connectivity index (χ2v) is 5.40. The maximum Gasteiger partial charge on any atom is 0.326 e. The molecule has 0 aliphatic carbocycles. The maximum atomic E-state index is 11.0. The van der Waals surface area contributed by atoms with Gasteiger partial charge in [0, 0.05) is 13.5 Å². The molecule has 120 valence electrons. The molecular weight excluding hydrogens is 276 g/mol. The van der Waals surface area contributed by atoms with Crippen LogP contribution in [0.2, 0.25) is 0 Å². The van der Waals surface area contributed by atoms with Crippen LogP contribution < -0.4 is 5.32 Å². The second-order valence-electron chi connectivity index (χ2n) is 5.40. The van der Waals surface area contributed by atoms with Gasteiger partial charge in [-0.05, 0) is 38.6 Å². The number of carboxylic acids is 2. The van der Waals surface area contributed by atoms with E-state index in [1.54, 1.807) is 0 Å². The Morgan fingerprint density at radius 3 is 2.05 bits per heavy atom. The standard InChI is InChI=1S/C8H13NO3.C6H11NO2/c1-6(10)9-5-3-2-4-7(9)8(11)12;8-6(9)5-3-1-2-4-7-5/h7H,2-5H2,1H3,(H,11,12);5,7H,1-4H2,(H,8,9). The molecule has 0 bridgehead atoms. The predicted molar refractivity (Wildman–Crippen MR) is 75.9 cm³/mol. The van der Waals surface area contributed by atoms with Crippen LogP contribution in [0.5, 0.6) is 0 Å². The van der Waals surface area contributed by atoms with Gasteiger partial charge in [0.15, 0.2) is 0 Å². The first-order chi connectivity index (χ1) is 9.93. The summed E-state index contributed by atoms with van der Waals surface area (Å²) in [5, 5.41) is 20.2. The van der Waals surface area contributed by atoms with Crippen molar-refractivity contribution in [3.05, 3.63) is 0 Å². The van der Waals surface area contributed by atoms with Gasteiger partial charge in [-0.3, -0.25) is 9.59 Å². The molecule has 0 aromatic heterocycles. The van der Waals surface area contributed by atoms with Crippen LogP contribution in [0.3, 0.4) is 0 Å². The van der Waals surface area contributed by atoms with Crippen LogP contribution in [0.25, 0.3) is 0 Å². The second kappa shape index (κ2) is 8.61. The Morgan fingerprint density at radius 2 is 1.67 bits per heavy atom. The van der Waals surface area contributed by atoms with Gasteiger partial charge in [0.2, 0.25) is 5.91 Å². The van der Waals surface area contributed by atoms with Crippen LogP contribution in [-0.2, 0) is 14.4 Å². The summed E-state index contributed by atoms with van der Waals surface area (Å²) < 4.78 is 0. The highest BCUT2D eigenvalue weighted by Crippen LogP contribution is 2.16. The highest BCUT2D eigenvalue weighted by molar-refractivity contribution is 5.82. The van der Waals surface area contributed by atoms with E-state index in [1.807, 2.05) is 0 Å². The third-order valence-electron chi connectivity index (χ3n) is 3.80. The molecule has 7 heteroatoms. The molecule has 2 aliphatic rings. The van der Waals surface area contributed by atoms with Crippen molar-refractivity contribution in [2.45, 2.75) is 57.5 Å². The van der Waals surface area contributed by atoms with Gasteiger partial charge >= 0.3 is 11.9 Å². The number of likely N-dealkylation sites (tertiary alicyclic amines) is 1. The van der Waals surface area contributed by atoms with E-state index >= 15 is 0 Å². The highest BCUT2D eigenvalue weighted by Gasteiger charge is 2.29. The fourth-order valence-corrected chi connectivity index (χ4v) is 2.63. The SMILES string of the molecule is CC(=O)N1CCCCC1C(=O)O.O=C(O)C1CCCCN1. The van der Waals surface area contributed by atoms with Crippen molar-refractivity contribution in [3.8, 4) is 0 Å². The molecule has 7 nitrogen and oxygen atoms in total. The number of rotatable bonds is 2. The average Bonchev–Trinajstić information content (AvgIpc) is 2.48. The molecule has 0 radical (unpaired) electrons. The number of nitrogens with one attached hydrogen (secondary N) is 1. The van der Waals surface area contributed by atoms with E-state index in [2.05, 4.69) is 5.32 Å². The molecule has 1 amide bonds. The summed E-state index contributed by atoms with van der Waals surface area (Å²) in [6.45, 7) is 2.87. The fourth-order valence-electron chi connectivity index (χ4n) is 2.63. The molecule has 2 fully saturated rings. The monoisotopic (exact) mass is 300 g/mol. The zero-order valence-electron chi connectivity index (χ0n) is 12.4. The van der Waals surface area contributed by atoms with Gasteiger partial charge in [-0.25, -0.2) is 4.79 Å². The van der Waals surface area contributed by atoms with Crippen molar-refractivity contribution >= 4 is 17.8 Å². The summed E-state index contributed by atoms with van der Waals surface area (Å²) in [6, 6.07) is -0.866. The number of hydrogen-bond acceptors (Lipinski definition) is 4. The molecule has 2 aliphatic heterocycles. The smallest absolute Gasteiger partial charge is 0.326 e. The zero-order valence-corrected chi connectivity index (χ0v) is 12.4. The summed E-state index contributed by atoms with van der Waals surface area (Å²) in [4.78, 5) is 33.4. The summed E-state index contributed by atoms with van der Waals surface area (Å²) in [5.41, 5.74) is 0. The topological polar surface area (TPSA) is 107 Å². The third-order valence-corrected chi connectivity index (χ3v) is 3.80. The summed E-state index contributed by atoms with van der Waals surface area (Å²) in [5.74, 6) is -1.73. The minimum absolute atomic E-state index is 0.137. The van der Waals surface area contributed by atoms with Gasteiger partial charge in [-0.15, -0.1) is 0 Å². The molecule has 21 heavy (non-hydrogen) atoms. The Morgan fingerprint density at radius 1 is 1.00 bits per heavy atom. The highest BCUT2D eigenvalue weighted by atomic mass is 16.4. The van der Waals surface area contributed by atoms with Gasteiger partial charge in [0.05, 0.1) is 0 Å². The van der Waals surface area contributed by atoms with E-state index in [-0.39, 0.29) is 11.9 Å². The van der Waals surface area contributed by atoms with Gasteiger partial charge in [0.1, 0.15) is 12.1 Å². The molecule has 0 saturated carbocycles. The number of amides is 1. The Labute approximate surface area is 124 Å². The van der Waals surface area contributed by atoms with Crippen LogP contribution in [0, 0.1) is 0 Å². The van der Waals surface area contributed by atoms with Crippen molar-refractivity contribution in [1.82, 2.24) is 10.2 Å². The van der Waals surface area contributed by atoms with Crippen LogP contribution in [0.15, 0.2) is 0 Å². The van der Waals surface area contributed by atoms with E-state index in [4.69, 9.17) is 10.2 Å². The first-order valence-corrected chi connectivity index (χ1v) is 7.39. The molecule has 2 saturated heterocycles. The van der Waals surface area contributed by atoms with E-state index in [1.165, 1.54) is 11.8 Å². The number of aliphatic carboxylic acids is 2. The Hall–Kier alpha value is -1.63. The first-order valence-electron chi connectivity index (χ1n) is 7.39. The molecule has 2 unspecified atom stereocenters. The van der Waals surface area contributed by atoms with Gasteiger partial charge < -0.3 is 20.4 Å². The van der Waals surface area contributed by atoms with Crippen LogP contribution in [0.1, 0.15) is 45.4 Å². The number of carboxylic acid groups (broad SMARTS) is 2. The van der Waals surface area contributed by atoms with E-state index in [9.17, 15) is 14.4 Å². The lowest BCUT2D eigenvalue weighted by Gasteiger charge is -2.31. The summed E-state index contributed by atoms with van der Waals surface area (Å²) in [6.07, 6.45) is 5.36. The molecule has 0 aromatic rings. The van der Waals surface area contributed by atoms with Gasteiger partial charge in [-0.1, -0.05) is 6.42 Å². The van der Waals surface area contributed by atoms with Crippen molar-refractivity contribution < 1.29 is 24.6 Å². The first kappa shape index (κ1) is 17.4. The zero-order chi connectivity index (χ0) is 15.8. The number of carbonyl (C=O) groups is 3. The van der Waals surface area contributed by atoms with Crippen molar-refractivity contribution in [2.24, 2.45) is 0 Å². The number of carbonyl (C=O) groups excluding carboxylic acids is 1. The Bertz CT molecular complexity index is 358. The number of piperidine rings is 2. The van der Waals surface area contributed by atoms with Crippen molar-refractivity contribution in [2.75, 3.05) is 13.1 Å². The Balaban J connectivity index is 0.000000219. The molecular formula is C14H24N2O5. The largest absolute Gasteiger partial charge is 0.480 e. The lowest BCUT2D eigenvalue weighted by atomic mass is 10.0. The third kappa shape index (κ3) is 5.71. The number of hydrogen-bond donors (Lipinski definition) is 3. The van der Waals surface area contributed by atoms with Crippen LogP contribution in [0.4, 0.5) is 0 Å². The normalized spacial score (nSPS) is 25.5. The van der Waals surface area contributed by atoms with Crippen LogP contribution >= 0.6 is 0 Å². The fraction of sp³-hybridized carbons (Fsp3) is 0.786. The number of nitrogens with zero attached hydrogens (tertiary/aromatic N) is 1. The van der Waals surface area contributed by atoms with E-state index in [0.717, 1.165) is 38.6 Å². The minimum atomic E-state index is -0.884. The van der Waals surface area contributed by atoms with Crippen molar-refractivity contribution in [1.29, 1.82) is 0 Å². The van der Waals surface area contributed by atoms with Crippen LogP contribution in [-0.4, -0.2) is 58.1 Å². The Kier molecular flexibility index (Phi) is 7.14. The predicted octanol–water partition coefficient (Wildman–Crippen LogP) is 0.685. The molecule has 3 N–H and O–H groups in total. The lowest BCUT2D eigenvalue weighted by Crippen LogP contribution is -2.46. The average molecular weight is 300 g/mol. The van der Waals surface area contributed by atoms with E-state index in [0.29, 0.717) is 13.0 Å². The summed E-state index contributed by atoms with van der Waals surface area (Å²) >= 11 is 0. The summed E-state index contributed by atoms with van der Waals surface area (Å²) in [7, 11) is 0. The quantitative estimate of drug-likeness (QED) is 0.692. The van der Waals surface area contributed by atoms with Crippen molar-refractivity contribution in [3.63, 3.8) is 0 Å².